The highest BCUT2D eigenvalue weighted by molar-refractivity contribution is 14.0. The first-order valence-electron chi connectivity index (χ1n) is 10.9. The van der Waals surface area contributed by atoms with Crippen molar-refractivity contribution in [2.24, 2.45) is 4.99 Å². The van der Waals surface area contributed by atoms with Gasteiger partial charge in [0.15, 0.2) is 5.96 Å². The third kappa shape index (κ3) is 5.78. The number of morpholine rings is 1. The second kappa shape index (κ2) is 11.3. The van der Waals surface area contributed by atoms with Gasteiger partial charge in [0.2, 0.25) is 0 Å². The van der Waals surface area contributed by atoms with E-state index in [1.165, 1.54) is 11.1 Å². The van der Waals surface area contributed by atoms with Crippen molar-refractivity contribution in [3.8, 4) is 0 Å². The minimum absolute atomic E-state index is 0. The Labute approximate surface area is 202 Å². The lowest BCUT2D eigenvalue weighted by Crippen LogP contribution is -2.50. The van der Waals surface area contributed by atoms with E-state index in [0.29, 0.717) is 6.04 Å². The molecule has 2 unspecified atom stereocenters. The highest BCUT2D eigenvalue weighted by atomic mass is 127. The summed E-state index contributed by atoms with van der Waals surface area (Å²) < 4.78 is 11.4. The number of nitrogens with zero attached hydrogens (tertiary/aromatic N) is 4. The Hall–Kier alpha value is -1.65. The van der Waals surface area contributed by atoms with Gasteiger partial charge in [-0.15, -0.1) is 24.0 Å². The first-order chi connectivity index (χ1) is 14.7. The Morgan fingerprint density at radius 3 is 2.74 bits per heavy atom. The monoisotopic (exact) mass is 539 g/mol. The van der Waals surface area contributed by atoms with Crippen molar-refractivity contribution in [2.45, 2.75) is 45.4 Å². The summed E-state index contributed by atoms with van der Waals surface area (Å²) in [5, 5.41) is 7.58. The number of hydrogen-bond acceptors (Lipinski definition) is 5. The lowest BCUT2D eigenvalue weighted by atomic mass is 10.1. The number of halogens is 1. The van der Waals surface area contributed by atoms with Crippen molar-refractivity contribution in [3.63, 3.8) is 0 Å². The van der Waals surface area contributed by atoms with Crippen LogP contribution in [0.4, 0.5) is 0 Å². The van der Waals surface area contributed by atoms with Crippen molar-refractivity contribution >= 4 is 29.9 Å². The van der Waals surface area contributed by atoms with E-state index < -0.39 is 0 Å². The quantitative estimate of drug-likeness (QED) is 0.264. The van der Waals surface area contributed by atoms with Gasteiger partial charge in [0.1, 0.15) is 5.76 Å². The van der Waals surface area contributed by atoms with Crippen LogP contribution in [-0.2, 0) is 17.7 Å². The van der Waals surface area contributed by atoms with Crippen LogP contribution in [0.15, 0.2) is 39.8 Å². The molecule has 2 saturated heterocycles. The lowest BCUT2D eigenvalue weighted by molar-refractivity contribution is -0.0502. The fourth-order valence-electron chi connectivity index (χ4n) is 4.60. The van der Waals surface area contributed by atoms with Gasteiger partial charge in [0, 0.05) is 45.3 Å². The summed E-state index contributed by atoms with van der Waals surface area (Å²) in [5.41, 5.74) is 3.58. The normalized spacial score (nSPS) is 21.6. The average Bonchev–Trinajstić information content (AvgIpc) is 3.33. The third-order valence-electron chi connectivity index (χ3n) is 6.22. The minimum atomic E-state index is 0. The van der Waals surface area contributed by atoms with Gasteiger partial charge in [0.05, 0.1) is 24.4 Å². The van der Waals surface area contributed by atoms with Crippen LogP contribution >= 0.6 is 24.0 Å². The van der Waals surface area contributed by atoms with Crippen molar-refractivity contribution < 1.29 is 9.26 Å². The molecule has 1 N–H and O–H groups in total. The zero-order valence-electron chi connectivity index (χ0n) is 18.7. The summed E-state index contributed by atoms with van der Waals surface area (Å²) in [6.07, 6.45) is 2.21. The van der Waals surface area contributed by atoms with Crippen LogP contribution in [0.25, 0.3) is 0 Å². The van der Waals surface area contributed by atoms with Gasteiger partial charge >= 0.3 is 0 Å². The molecule has 7 nitrogen and oxygen atoms in total. The molecule has 0 radical (unpaired) electrons. The summed E-state index contributed by atoms with van der Waals surface area (Å²) in [6, 6.07) is 11.1. The van der Waals surface area contributed by atoms with Crippen LogP contribution in [0.1, 0.15) is 29.0 Å². The zero-order valence-corrected chi connectivity index (χ0v) is 21.0. The molecule has 4 rings (SSSR count). The fraction of sp³-hybridized carbons (Fsp3) is 0.565. The van der Waals surface area contributed by atoms with Gasteiger partial charge < -0.3 is 19.5 Å². The van der Waals surface area contributed by atoms with Crippen molar-refractivity contribution in [1.82, 2.24) is 20.3 Å². The molecule has 2 aliphatic heterocycles. The molecule has 2 aliphatic rings. The molecule has 1 aromatic heterocycles. The van der Waals surface area contributed by atoms with Gasteiger partial charge in [-0.25, -0.2) is 0 Å². The number of aliphatic imine (C=N–C) groups is 1. The number of rotatable bonds is 6. The Kier molecular flexibility index (Phi) is 8.74. The predicted molar refractivity (Wildman–Crippen MR) is 133 cm³/mol. The molecule has 170 valence electrons. The van der Waals surface area contributed by atoms with E-state index >= 15 is 0 Å². The van der Waals surface area contributed by atoms with E-state index in [1.54, 1.807) is 0 Å². The maximum atomic E-state index is 6.11. The number of likely N-dealkylation sites (tertiary alicyclic amines) is 1. The van der Waals surface area contributed by atoms with Gasteiger partial charge in [-0.05, 0) is 32.3 Å². The molecule has 3 heterocycles. The molecule has 0 spiro atoms. The number of ether oxygens (including phenoxy) is 1. The van der Waals surface area contributed by atoms with Crippen molar-refractivity contribution in [2.75, 3.05) is 39.8 Å². The molecule has 0 bridgehead atoms. The molecule has 31 heavy (non-hydrogen) atoms. The Balaban J connectivity index is 0.00000272. The first-order valence-corrected chi connectivity index (χ1v) is 10.9. The zero-order chi connectivity index (χ0) is 20.9. The Morgan fingerprint density at radius 1 is 1.23 bits per heavy atom. The van der Waals surface area contributed by atoms with Crippen molar-refractivity contribution in [1.29, 1.82) is 0 Å². The number of hydrogen-bond donors (Lipinski definition) is 1. The smallest absolute Gasteiger partial charge is 0.193 e. The van der Waals surface area contributed by atoms with E-state index in [2.05, 4.69) is 55.6 Å². The van der Waals surface area contributed by atoms with Crippen LogP contribution < -0.4 is 5.32 Å². The lowest BCUT2D eigenvalue weighted by Gasteiger charge is -2.36. The molecule has 0 aliphatic carbocycles. The fourth-order valence-corrected chi connectivity index (χ4v) is 4.60. The average molecular weight is 539 g/mol. The van der Waals surface area contributed by atoms with Gasteiger partial charge in [0.25, 0.3) is 0 Å². The number of benzene rings is 1. The van der Waals surface area contributed by atoms with Crippen LogP contribution in [0.5, 0.6) is 0 Å². The van der Waals surface area contributed by atoms with Crippen LogP contribution in [0.3, 0.4) is 0 Å². The highest BCUT2D eigenvalue weighted by Gasteiger charge is 2.41. The van der Waals surface area contributed by atoms with Gasteiger partial charge in [-0.1, -0.05) is 35.5 Å². The molecule has 2 atom stereocenters. The number of aryl methyl sites for hydroxylation is 2. The summed E-state index contributed by atoms with van der Waals surface area (Å²) in [4.78, 5) is 9.44. The SMILES string of the molecule is CN=C(NCCCc1c(C)noc1C)N1CC2OCCN(Cc3ccccc3)C2C1.I. The van der Waals surface area contributed by atoms with E-state index in [0.717, 1.165) is 69.6 Å². The van der Waals surface area contributed by atoms with Crippen LogP contribution in [-0.4, -0.2) is 72.9 Å². The van der Waals surface area contributed by atoms with E-state index in [1.807, 2.05) is 20.9 Å². The minimum Gasteiger partial charge on any atom is -0.373 e. The largest absolute Gasteiger partial charge is 0.373 e. The van der Waals surface area contributed by atoms with Crippen LogP contribution in [0.2, 0.25) is 0 Å². The molecule has 0 saturated carbocycles. The molecule has 2 aromatic rings. The van der Waals surface area contributed by atoms with Gasteiger partial charge in [-0.2, -0.15) is 0 Å². The van der Waals surface area contributed by atoms with Gasteiger partial charge in [-0.3, -0.25) is 9.89 Å². The molecular formula is C23H34IN5O2. The second-order valence-electron chi connectivity index (χ2n) is 8.22. The number of fused-ring (bicyclic) bond motifs is 1. The van der Waals surface area contributed by atoms with Crippen molar-refractivity contribution in [3.05, 3.63) is 52.9 Å². The molecule has 8 heteroatoms. The summed E-state index contributed by atoms with van der Waals surface area (Å²) in [7, 11) is 1.86. The standard InChI is InChI=1S/C23H33N5O2.HI/c1-17-20(18(2)30-26-17)10-7-11-25-23(24-3)28-15-21-22(16-28)29-13-12-27(21)14-19-8-5-4-6-9-19;/h4-6,8-9,21-22H,7,10-16H2,1-3H3,(H,24,25);1H. The summed E-state index contributed by atoms with van der Waals surface area (Å²) in [6.45, 7) is 9.44. The third-order valence-corrected chi connectivity index (χ3v) is 6.22. The molecular weight excluding hydrogens is 505 g/mol. The maximum absolute atomic E-state index is 6.11. The summed E-state index contributed by atoms with van der Waals surface area (Å²) in [5.74, 6) is 1.89. The Bertz CT molecular complexity index is 837. The van der Waals surface area contributed by atoms with Crippen LogP contribution in [0, 0.1) is 13.8 Å². The van der Waals surface area contributed by atoms with E-state index in [-0.39, 0.29) is 30.1 Å². The second-order valence-corrected chi connectivity index (χ2v) is 8.22. The molecule has 1 aromatic carbocycles. The number of nitrogens with one attached hydrogen (secondary N) is 1. The molecule has 2 fully saturated rings. The summed E-state index contributed by atoms with van der Waals surface area (Å²) >= 11 is 0. The topological polar surface area (TPSA) is 66.1 Å². The number of aromatic nitrogens is 1. The highest BCUT2D eigenvalue weighted by Crippen LogP contribution is 2.24. The van der Waals surface area contributed by atoms with E-state index in [9.17, 15) is 0 Å². The predicted octanol–water partition coefficient (Wildman–Crippen LogP) is 3.00. The molecule has 0 amide bonds. The number of guanidine groups is 1. The Morgan fingerprint density at radius 2 is 2.03 bits per heavy atom. The first kappa shape index (κ1) is 24.0. The van der Waals surface area contributed by atoms with E-state index in [4.69, 9.17) is 9.26 Å². The maximum Gasteiger partial charge on any atom is 0.193 e.